The lowest BCUT2D eigenvalue weighted by Gasteiger charge is -2.10. The Bertz CT molecular complexity index is 1010. The summed E-state index contributed by atoms with van der Waals surface area (Å²) in [4.78, 5) is 4.76. The van der Waals surface area contributed by atoms with E-state index >= 15 is 0 Å². The number of rotatable bonds is 2. The van der Waals surface area contributed by atoms with Crippen molar-refractivity contribution >= 4 is 10.8 Å². The molecule has 0 saturated carbocycles. The number of aromatic nitrogens is 1. The van der Waals surface area contributed by atoms with E-state index in [0.29, 0.717) is 0 Å². The van der Waals surface area contributed by atoms with E-state index in [1.165, 1.54) is 24.3 Å². The van der Waals surface area contributed by atoms with Gasteiger partial charge in [0.25, 0.3) is 0 Å². The summed E-state index contributed by atoms with van der Waals surface area (Å²) < 4.78 is 26.4. The van der Waals surface area contributed by atoms with E-state index in [1.54, 1.807) is 24.3 Å². The topological polar surface area (TPSA) is 12.9 Å². The first-order valence-corrected chi connectivity index (χ1v) is 7.62. The molecule has 0 fully saturated rings. The van der Waals surface area contributed by atoms with Gasteiger partial charge in [0.05, 0.1) is 11.4 Å². The molecule has 0 amide bonds. The van der Waals surface area contributed by atoms with E-state index in [-0.39, 0.29) is 11.6 Å². The molecule has 0 spiro atoms. The zero-order valence-corrected chi connectivity index (χ0v) is 12.7. The summed E-state index contributed by atoms with van der Waals surface area (Å²) >= 11 is 0. The summed E-state index contributed by atoms with van der Waals surface area (Å²) in [6.07, 6.45) is 0. The van der Waals surface area contributed by atoms with Gasteiger partial charge in [-0.25, -0.2) is 13.8 Å². The molecule has 0 aliphatic heterocycles. The molecule has 4 aromatic rings. The highest BCUT2D eigenvalue weighted by Crippen LogP contribution is 2.31. The van der Waals surface area contributed by atoms with Crippen LogP contribution in [0.15, 0.2) is 78.9 Å². The lowest BCUT2D eigenvalue weighted by Crippen LogP contribution is -1.91. The van der Waals surface area contributed by atoms with Crippen LogP contribution in [-0.2, 0) is 0 Å². The van der Waals surface area contributed by atoms with Crippen molar-refractivity contribution in [3.63, 3.8) is 0 Å². The molecular weight excluding hydrogens is 304 g/mol. The number of fused-ring (bicyclic) bond motifs is 1. The highest BCUT2D eigenvalue weighted by molar-refractivity contribution is 5.96. The second-order valence-electron chi connectivity index (χ2n) is 5.59. The fourth-order valence-electron chi connectivity index (χ4n) is 2.80. The monoisotopic (exact) mass is 317 g/mol. The summed E-state index contributed by atoms with van der Waals surface area (Å²) in [5.41, 5.74) is 3.22. The van der Waals surface area contributed by atoms with Crippen molar-refractivity contribution < 1.29 is 8.78 Å². The molecule has 0 saturated heterocycles. The Morgan fingerprint density at radius 3 is 1.88 bits per heavy atom. The van der Waals surface area contributed by atoms with Crippen molar-refractivity contribution in [2.75, 3.05) is 0 Å². The molecule has 0 bridgehead atoms. The standard InChI is InChI=1S/C21H13F2N/c22-17-9-5-14(6-10-17)20-13-16-3-1-2-4-19(16)21(24-20)15-7-11-18(23)12-8-15/h1-13H. The maximum atomic E-state index is 13.2. The molecule has 0 aliphatic rings. The second-order valence-corrected chi connectivity index (χ2v) is 5.59. The molecule has 0 N–H and O–H groups in total. The fourth-order valence-corrected chi connectivity index (χ4v) is 2.80. The maximum Gasteiger partial charge on any atom is 0.123 e. The number of benzene rings is 3. The van der Waals surface area contributed by atoms with E-state index in [4.69, 9.17) is 4.98 Å². The molecule has 3 heteroatoms. The van der Waals surface area contributed by atoms with Crippen molar-refractivity contribution in [2.45, 2.75) is 0 Å². The van der Waals surface area contributed by atoms with E-state index in [1.807, 2.05) is 30.3 Å². The smallest absolute Gasteiger partial charge is 0.123 e. The van der Waals surface area contributed by atoms with Gasteiger partial charge in [-0.05, 0) is 60.0 Å². The summed E-state index contributed by atoms with van der Waals surface area (Å²) in [7, 11) is 0. The number of halogens is 2. The minimum atomic E-state index is -0.280. The number of hydrogen-bond acceptors (Lipinski definition) is 1. The number of nitrogens with zero attached hydrogens (tertiary/aromatic N) is 1. The molecule has 4 rings (SSSR count). The van der Waals surface area contributed by atoms with Gasteiger partial charge >= 0.3 is 0 Å². The lowest BCUT2D eigenvalue weighted by atomic mass is 10.0. The van der Waals surface area contributed by atoms with E-state index in [2.05, 4.69) is 0 Å². The number of hydrogen-bond donors (Lipinski definition) is 0. The van der Waals surface area contributed by atoms with Crippen LogP contribution in [0.1, 0.15) is 0 Å². The highest BCUT2D eigenvalue weighted by atomic mass is 19.1. The van der Waals surface area contributed by atoms with Crippen LogP contribution in [0.25, 0.3) is 33.3 Å². The second kappa shape index (κ2) is 5.85. The molecule has 116 valence electrons. The molecule has 0 aliphatic carbocycles. The molecule has 1 aromatic heterocycles. The largest absolute Gasteiger partial charge is 0.247 e. The Morgan fingerprint density at radius 2 is 1.21 bits per heavy atom. The normalized spacial score (nSPS) is 10.9. The molecule has 0 unspecified atom stereocenters. The Hall–Kier alpha value is -3.07. The van der Waals surface area contributed by atoms with Gasteiger partial charge < -0.3 is 0 Å². The Kier molecular flexibility index (Phi) is 3.54. The third-order valence-electron chi connectivity index (χ3n) is 4.00. The fraction of sp³-hybridized carbons (Fsp3) is 0. The predicted octanol–water partition coefficient (Wildman–Crippen LogP) is 5.85. The predicted molar refractivity (Wildman–Crippen MR) is 92.5 cm³/mol. The van der Waals surface area contributed by atoms with Crippen LogP contribution in [0.3, 0.4) is 0 Å². The van der Waals surface area contributed by atoms with Crippen molar-refractivity contribution in [1.29, 1.82) is 0 Å². The van der Waals surface area contributed by atoms with Gasteiger partial charge in [-0.3, -0.25) is 0 Å². The van der Waals surface area contributed by atoms with Crippen LogP contribution in [0.2, 0.25) is 0 Å². The molecule has 24 heavy (non-hydrogen) atoms. The Balaban J connectivity index is 1.97. The van der Waals surface area contributed by atoms with Crippen LogP contribution < -0.4 is 0 Å². The maximum absolute atomic E-state index is 13.2. The van der Waals surface area contributed by atoms with Crippen LogP contribution >= 0.6 is 0 Å². The van der Waals surface area contributed by atoms with Crippen LogP contribution in [0.4, 0.5) is 8.78 Å². The third kappa shape index (κ3) is 2.65. The van der Waals surface area contributed by atoms with Crippen molar-refractivity contribution in [1.82, 2.24) is 4.98 Å². The first-order valence-electron chi connectivity index (χ1n) is 7.62. The van der Waals surface area contributed by atoms with Gasteiger partial charge in [-0.2, -0.15) is 0 Å². The first kappa shape index (κ1) is 14.5. The van der Waals surface area contributed by atoms with Crippen LogP contribution in [0, 0.1) is 11.6 Å². The summed E-state index contributed by atoms with van der Waals surface area (Å²) in [5, 5.41) is 2.03. The van der Waals surface area contributed by atoms with Crippen LogP contribution in [-0.4, -0.2) is 4.98 Å². The minimum Gasteiger partial charge on any atom is -0.247 e. The minimum absolute atomic E-state index is 0.279. The van der Waals surface area contributed by atoms with E-state index in [9.17, 15) is 8.78 Å². The summed E-state index contributed by atoms with van der Waals surface area (Å²) in [6.45, 7) is 0. The third-order valence-corrected chi connectivity index (χ3v) is 4.00. The molecule has 1 heterocycles. The lowest BCUT2D eigenvalue weighted by molar-refractivity contribution is 0.627. The Morgan fingerprint density at radius 1 is 0.625 bits per heavy atom. The van der Waals surface area contributed by atoms with E-state index < -0.39 is 0 Å². The van der Waals surface area contributed by atoms with Gasteiger partial charge in [0, 0.05) is 16.5 Å². The average Bonchev–Trinajstić information content (AvgIpc) is 2.62. The van der Waals surface area contributed by atoms with Gasteiger partial charge in [-0.1, -0.05) is 24.3 Å². The highest BCUT2D eigenvalue weighted by Gasteiger charge is 2.10. The molecule has 0 radical (unpaired) electrons. The summed E-state index contributed by atoms with van der Waals surface area (Å²) in [6, 6.07) is 22.5. The quantitative estimate of drug-likeness (QED) is 0.452. The summed E-state index contributed by atoms with van der Waals surface area (Å²) in [5.74, 6) is -0.559. The van der Waals surface area contributed by atoms with Crippen molar-refractivity contribution in [2.24, 2.45) is 0 Å². The molecule has 3 aromatic carbocycles. The zero-order chi connectivity index (χ0) is 16.5. The first-order chi connectivity index (χ1) is 11.7. The SMILES string of the molecule is Fc1ccc(-c2cc3ccccc3c(-c3ccc(F)cc3)n2)cc1. The number of pyridine rings is 1. The molecular formula is C21H13F2N. The zero-order valence-electron chi connectivity index (χ0n) is 12.7. The molecule has 1 nitrogen and oxygen atoms in total. The van der Waals surface area contributed by atoms with Gasteiger partial charge in [0.1, 0.15) is 11.6 Å². The van der Waals surface area contributed by atoms with E-state index in [0.717, 1.165) is 33.3 Å². The van der Waals surface area contributed by atoms with Crippen molar-refractivity contribution in [3.8, 4) is 22.5 Å². The Labute approximate surface area is 138 Å². The van der Waals surface area contributed by atoms with Crippen LogP contribution in [0.5, 0.6) is 0 Å². The van der Waals surface area contributed by atoms with Crippen molar-refractivity contribution in [3.05, 3.63) is 90.5 Å². The van der Waals surface area contributed by atoms with Gasteiger partial charge in [-0.15, -0.1) is 0 Å². The average molecular weight is 317 g/mol. The van der Waals surface area contributed by atoms with Gasteiger partial charge in [0.15, 0.2) is 0 Å². The van der Waals surface area contributed by atoms with Gasteiger partial charge in [0.2, 0.25) is 0 Å². The molecule has 0 atom stereocenters.